The van der Waals surface area contributed by atoms with Crippen LogP contribution in [0.4, 0.5) is 0 Å². The number of hydrogen-bond donors (Lipinski definition) is 2. The molecule has 2 aliphatic rings. The number of phenolic OH excluding ortho intramolecular Hbond substituents is 1. The van der Waals surface area contributed by atoms with Crippen molar-refractivity contribution in [1.29, 1.82) is 0 Å². The summed E-state index contributed by atoms with van der Waals surface area (Å²) < 4.78 is 5.04. The maximum atomic E-state index is 12.6. The maximum Gasteiger partial charge on any atom is 0.307 e. The van der Waals surface area contributed by atoms with Crippen LogP contribution in [-0.2, 0) is 16.0 Å². The molecule has 2 aromatic carbocycles. The number of hydrogen-bond acceptors (Lipinski definition) is 6. The number of carbonyl (C=O) groups is 2. The quantitative estimate of drug-likeness (QED) is 0.427. The number of phenols is 1. The van der Waals surface area contributed by atoms with E-state index in [1.54, 1.807) is 12.1 Å². The first-order valence-corrected chi connectivity index (χ1v) is 10.4. The van der Waals surface area contributed by atoms with Gasteiger partial charge in [0, 0.05) is 0 Å². The van der Waals surface area contributed by atoms with Crippen molar-refractivity contribution in [1.82, 2.24) is 5.43 Å². The first-order chi connectivity index (χ1) is 15.0. The molecule has 160 valence electrons. The number of hydrazone groups is 1. The van der Waals surface area contributed by atoms with Gasteiger partial charge in [0.25, 0.3) is 0 Å². The number of amides is 1. The van der Waals surface area contributed by atoms with Gasteiger partial charge in [-0.25, -0.2) is 5.43 Å². The predicted octanol–water partition coefficient (Wildman–Crippen LogP) is 3.17. The second kappa shape index (κ2) is 8.71. The van der Waals surface area contributed by atoms with Gasteiger partial charge in [-0.15, -0.1) is 0 Å². The van der Waals surface area contributed by atoms with Gasteiger partial charge in [0.2, 0.25) is 5.78 Å². The molecule has 2 N–H and O–H groups in total. The van der Waals surface area contributed by atoms with Gasteiger partial charge in [-0.3, -0.25) is 14.6 Å². The first-order valence-electron chi connectivity index (χ1n) is 10.4. The van der Waals surface area contributed by atoms with Crippen LogP contribution in [0.3, 0.4) is 0 Å². The Morgan fingerprint density at radius 3 is 2.77 bits per heavy atom. The second-order valence-corrected chi connectivity index (χ2v) is 8.05. The molecule has 31 heavy (non-hydrogen) atoms. The summed E-state index contributed by atoms with van der Waals surface area (Å²) >= 11 is 0. The van der Waals surface area contributed by atoms with Crippen LogP contribution in [0.15, 0.2) is 52.6 Å². The van der Waals surface area contributed by atoms with Crippen molar-refractivity contribution >= 4 is 23.6 Å². The zero-order valence-corrected chi connectivity index (χ0v) is 17.4. The molecule has 1 aliphatic carbocycles. The number of fused-ring (bicyclic) bond motifs is 1. The molecule has 1 heterocycles. The maximum absolute atomic E-state index is 12.6. The average molecular weight is 419 g/mol. The molecule has 0 aromatic heterocycles. The molecule has 0 atom stereocenters. The summed E-state index contributed by atoms with van der Waals surface area (Å²) in [5.41, 5.74) is 5.61. The van der Waals surface area contributed by atoms with Crippen LogP contribution in [0, 0.1) is 0 Å². The zero-order chi connectivity index (χ0) is 21.8. The Hall–Kier alpha value is -3.48. The van der Waals surface area contributed by atoms with Crippen LogP contribution in [0.5, 0.6) is 11.5 Å². The van der Waals surface area contributed by atoms with Crippen molar-refractivity contribution in [2.75, 3.05) is 7.11 Å². The van der Waals surface area contributed by atoms with Crippen LogP contribution in [0.25, 0.3) is 0 Å². The van der Waals surface area contributed by atoms with Gasteiger partial charge >= 0.3 is 5.91 Å². The number of aliphatic imine (C=N–C) groups is 1. The lowest BCUT2D eigenvalue weighted by atomic mass is 9.82. The Kier molecular flexibility index (Phi) is 5.84. The molecular formula is C24H25N3O4. The van der Waals surface area contributed by atoms with Crippen LogP contribution in [0.1, 0.15) is 48.8 Å². The van der Waals surface area contributed by atoms with Crippen LogP contribution >= 0.6 is 0 Å². The highest BCUT2D eigenvalue weighted by Gasteiger charge is 2.38. The summed E-state index contributed by atoms with van der Waals surface area (Å²) in [6, 6.07) is 12.6. The van der Waals surface area contributed by atoms with E-state index in [1.807, 2.05) is 18.2 Å². The van der Waals surface area contributed by atoms with E-state index in [2.05, 4.69) is 16.6 Å². The number of ketones is 1. The van der Waals surface area contributed by atoms with Gasteiger partial charge in [0.05, 0.1) is 31.0 Å². The minimum Gasteiger partial charge on any atom is -0.504 e. The Balaban J connectivity index is 1.44. The van der Waals surface area contributed by atoms with E-state index in [1.165, 1.54) is 25.0 Å². The number of rotatable bonds is 6. The third kappa shape index (κ3) is 4.50. The molecule has 1 saturated carbocycles. The number of nitrogens with zero attached hydrogens (tertiary/aromatic N) is 2. The molecule has 0 bridgehead atoms. The summed E-state index contributed by atoms with van der Waals surface area (Å²) in [5, 5.41) is 13.5. The second-order valence-electron chi connectivity index (χ2n) is 8.05. The number of aromatic hydroxyl groups is 1. The van der Waals surface area contributed by atoms with E-state index in [4.69, 9.17) is 9.73 Å². The number of ether oxygens (including phenoxy) is 1. The fourth-order valence-corrected chi connectivity index (χ4v) is 4.39. The average Bonchev–Trinajstić information content (AvgIpc) is 3.21. The third-order valence-electron chi connectivity index (χ3n) is 5.92. The largest absolute Gasteiger partial charge is 0.504 e. The van der Waals surface area contributed by atoms with E-state index in [-0.39, 0.29) is 17.7 Å². The van der Waals surface area contributed by atoms with Gasteiger partial charge in [-0.2, -0.15) is 5.10 Å². The standard InChI is InChI=1S/C24H25N3O4/c1-31-22-12-16(8-9-20(22)28)15-25-27-23(30)21(29)13-19-18-7-3-2-6-17(18)14-24(26-19)10-4-5-11-24/h2-3,6-9,12,15,28H,4-5,10-11,13-14H2,1H3,(H,27,30). The zero-order valence-electron chi connectivity index (χ0n) is 17.4. The van der Waals surface area contributed by atoms with Gasteiger partial charge in [0.1, 0.15) is 0 Å². The number of benzene rings is 2. The van der Waals surface area contributed by atoms with Crippen molar-refractivity contribution < 1.29 is 19.4 Å². The lowest BCUT2D eigenvalue weighted by Gasteiger charge is -2.32. The minimum absolute atomic E-state index is 0.00688. The van der Waals surface area contributed by atoms with Gasteiger partial charge in [0.15, 0.2) is 11.5 Å². The molecule has 1 aliphatic heterocycles. The van der Waals surface area contributed by atoms with Gasteiger partial charge in [-0.05, 0) is 54.2 Å². The molecule has 0 unspecified atom stereocenters. The third-order valence-corrected chi connectivity index (χ3v) is 5.92. The van der Waals surface area contributed by atoms with Crippen LogP contribution < -0.4 is 10.2 Å². The fourth-order valence-electron chi connectivity index (χ4n) is 4.39. The molecule has 0 radical (unpaired) electrons. The molecule has 2 aromatic rings. The van der Waals surface area contributed by atoms with Crippen LogP contribution in [-0.4, -0.2) is 41.4 Å². The SMILES string of the molecule is COc1cc(C=NNC(=O)C(=O)CC2=NC3(CCCC3)Cc3ccccc32)ccc1O. The Morgan fingerprint density at radius 2 is 2.00 bits per heavy atom. The number of nitrogens with one attached hydrogen (secondary N) is 1. The molecule has 1 fully saturated rings. The van der Waals surface area contributed by atoms with Crippen molar-refractivity contribution in [3.63, 3.8) is 0 Å². The Labute approximate surface area is 180 Å². The summed E-state index contributed by atoms with van der Waals surface area (Å²) in [6.07, 6.45) is 6.56. The van der Waals surface area contributed by atoms with Crippen molar-refractivity contribution in [3.05, 3.63) is 59.2 Å². The highest BCUT2D eigenvalue weighted by Crippen LogP contribution is 2.40. The number of methoxy groups -OCH3 is 1. The Bertz CT molecular complexity index is 1070. The molecule has 1 amide bonds. The molecule has 7 nitrogen and oxygen atoms in total. The molecule has 7 heteroatoms. The first kappa shape index (κ1) is 20.8. The van der Waals surface area contributed by atoms with E-state index in [9.17, 15) is 14.7 Å². The van der Waals surface area contributed by atoms with Crippen molar-refractivity contribution in [3.8, 4) is 11.5 Å². The molecule has 1 spiro atoms. The summed E-state index contributed by atoms with van der Waals surface area (Å²) in [5.74, 6) is -1.06. The monoisotopic (exact) mass is 419 g/mol. The smallest absolute Gasteiger partial charge is 0.307 e. The molecule has 4 rings (SSSR count). The summed E-state index contributed by atoms with van der Waals surface area (Å²) in [7, 11) is 1.44. The van der Waals surface area contributed by atoms with Crippen molar-refractivity contribution in [2.45, 2.75) is 44.1 Å². The normalized spacial score (nSPS) is 16.7. The van der Waals surface area contributed by atoms with E-state index in [0.29, 0.717) is 17.0 Å². The number of Topliss-reactive ketones (excluding diaryl/α,β-unsaturated/α-hetero) is 1. The highest BCUT2D eigenvalue weighted by atomic mass is 16.5. The minimum atomic E-state index is -0.784. The lowest BCUT2D eigenvalue weighted by Crippen LogP contribution is -2.35. The van der Waals surface area contributed by atoms with Gasteiger partial charge < -0.3 is 9.84 Å². The molecule has 0 saturated heterocycles. The summed E-state index contributed by atoms with van der Waals surface area (Å²) in [6.45, 7) is 0. The van der Waals surface area contributed by atoms with E-state index >= 15 is 0 Å². The molecular weight excluding hydrogens is 394 g/mol. The number of carbonyl (C=O) groups excluding carboxylic acids is 2. The van der Waals surface area contributed by atoms with Crippen molar-refractivity contribution in [2.24, 2.45) is 10.1 Å². The Morgan fingerprint density at radius 1 is 1.23 bits per heavy atom. The van der Waals surface area contributed by atoms with Crippen LogP contribution in [0.2, 0.25) is 0 Å². The van der Waals surface area contributed by atoms with E-state index < -0.39 is 11.7 Å². The highest BCUT2D eigenvalue weighted by molar-refractivity contribution is 6.40. The lowest BCUT2D eigenvalue weighted by molar-refractivity contribution is -0.137. The topological polar surface area (TPSA) is 100 Å². The van der Waals surface area contributed by atoms with Gasteiger partial charge in [-0.1, -0.05) is 37.1 Å². The fraction of sp³-hybridized carbons (Fsp3) is 0.333. The van der Waals surface area contributed by atoms with E-state index in [0.717, 1.165) is 37.7 Å². The predicted molar refractivity (Wildman–Crippen MR) is 118 cm³/mol. The summed E-state index contributed by atoms with van der Waals surface area (Å²) in [4.78, 5) is 29.9.